The Morgan fingerprint density at radius 1 is 1.14 bits per heavy atom. The number of carboxylic acids is 1. The normalized spacial score (nSPS) is 20.9. The van der Waals surface area contributed by atoms with Crippen LogP contribution in [0.15, 0.2) is 36.4 Å². The van der Waals surface area contributed by atoms with Gasteiger partial charge in [-0.25, -0.2) is 4.79 Å². The molecule has 188 valence electrons. The van der Waals surface area contributed by atoms with Gasteiger partial charge in [-0.1, -0.05) is 12.1 Å². The quantitative estimate of drug-likeness (QED) is 0.645. The van der Waals surface area contributed by atoms with Gasteiger partial charge in [0.25, 0.3) is 0 Å². The van der Waals surface area contributed by atoms with Crippen molar-refractivity contribution >= 4 is 35.2 Å². The van der Waals surface area contributed by atoms with Gasteiger partial charge in [0.2, 0.25) is 11.8 Å². The van der Waals surface area contributed by atoms with Gasteiger partial charge >= 0.3 is 18.2 Å². The molecule has 1 atom stereocenters. The van der Waals surface area contributed by atoms with Gasteiger partial charge in [0.05, 0.1) is 17.5 Å². The fourth-order valence-electron chi connectivity index (χ4n) is 5.17. The molecule has 8 nitrogen and oxygen atoms in total. The van der Waals surface area contributed by atoms with E-state index in [2.05, 4.69) is 0 Å². The lowest BCUT2D eigenvalue weighted by Gasteiger charge is -2.37. The number of nitrogens with zero attached hydrogens (tertiary/aromatic N) is 3. The minimum absolute atomic E-state index is 0.0418. The lowest BCUT2D eigenvalue weighted by Crippen LogP contribution is -2.58. The van der Waals surface area contributed by atoms with Crippen LogP contribution in [0.1, 0.15) is 35.1 Å². The molecule has 0 bridgehead atoms. The minimum atomic E-state index is -4.63. The van der Waals surface area contributed by atoms with Crippen molar-refractivity contribution in [1.29, 1.82) is 0 Å². The van der Waals surface area contributed by atoms with Crippen LogP contribution in [0.5, 0.6) is 0 Å². The van der Waals surface area contributed by atoms with E-state index in [1.54, 1.807) is 30.1 Å². The number of anilines is 2. The molecule has 1 aliphatic carbocycles. The van der Waals surface area contributed by atoms with Crippen molar-refractivity contribution in [2.45, 2.75) is 37.9 Å². The van der Waals surface area contributed by atoms with Crippen molar-refractivity contribution < 1.29 is 37.5 Å². The third kappa shape index (κ3) is 3.44. The van der Waals surface area contributed by atoms with E-state index < -0.39 is 54.1 Å². The Morgan fingerprint density at radius 3 is 2.44 bits per heavy atom. The molecule has 1 saturated heterocycles. The third-order valence-electron chi connectivity index (χ3n) is 7.40. The van der Waals surface area contributed by atoms with Crippen LogP contribution < -0.4 is 9.80 Å². The zero-order chi connectivity index (χ0) is 26.2. The van der Waals surface area contributed by atoms with E-state index >= 15 is 0 Å². The molecular formula is C25H22F3N3O5. The smallest absolute Gasteiger partial charge is 0.416 e. The fourth-order valence-corrected chi connectivity index (χ4v) is 5.17. The fraction of sp³-hybridized carbons (Fsp3) is 0.360. The SMILES string of the molecule is Cc1c(CN2C(=O)C(C(=O)O)CN(c3ccc4c(c3)C3(CC3)C(=O)N4C)C2=O)cccc1C(F)(F)F. The van der Waals surface area contributed by atoms with Crippen molar-refractivity contribution in [3.05, 3.63) is 58.7 Å². The zero-order valence-corrected chi connectivity index (χ0v) is 19.4. The summed E-state index contributed by atoms with van der Waals surface area (Å²) in [5, 5.41) is 9.68. The van der Waals surface area contributed by atoms with Gasteiger partial charge in [-0.05, 0) is 60.7 Å². The van der Waals surface area contributed by atoms with Gasteiger partial charge in [0.15, 0.2) is 5.92 Å². The zero-order valence-electron chi connectivity index (χ0n) is 19.4. The number of carbonyl (C=O) groups is 4. The van der Waals surface area contributed by atoms with Crippen molar-refractivity contribution in [3.8, 4) is 0 Å². The molecule has 1 spiro atoms. The number of hydrogen-bond donors (Lipinski definition) is 1. The Hall–Kier alpha value is -3.89. The number of urea groups is 1. The molecule has 2 heterocycles. The number of hydrogen-bond acceptors (Lipinski definition) is 4. The molecule has 2 fully saturated rings. The van der Waals surface area contributed by atoms with E-state index in [9.17, 15) is 37.5 Å². The molecule has 0 aromatic heterocycles. The Kier molecular flexibility index (Phi) is 5.17. The second kappa shape index (κ2) is 7.81. The maximum Gasteiger partial charge on any atom is 0.416 e. The first kappa shape index (κ1) is 23.8. The van der Waals surface area contributed by atoms with Crippen LogP contribution in [0.25, 0.3) is 0 Å². The highest BCUT2D eigenvalue weighted by molar-refractivity contribution is 6.13. The van der Waals surface area contributed by atoms with E-state index in [1.165, 1.54) is 19.1 Å². The average Bonchev–Trinajstić information content (AvgIpc) is 3.59. The largest absolute Gasteiger partial charge is 0.481 e. The number of alkyl halides is 3. The van der Waals surface area contributed by atoms with Crippen LogP contribution in [0.3, 0.4) is 0 Å². The van der Waals surface area contributed by atoms with Gasteiger partial charge < -0.3 is 10.0 Å². The number of carbonyl (C=O) groups excluding carboxylic acids is 3. The van der Waals surface area contributed by atoms with Crippen LogP contribution in [-0.4, -0.2) is 47.4 Å². The van der Waals surface area contributed by atoms with Crippen molar-refractivity contribution in [1.82, 2.24) is 4.90 Å². The predicted molar refractivity (Wildman–Crippen MR) is 121 cm³/mol. The Morgan fingerprint density at radius 2 is 1.83 bits per heavy atom. The summed E-state index contributed by atoms with van der Waals surface area (Å²) >= 11 is 0. The summed E-state index contributed by atoms with van der Waals surface area (Å²) in [6.07, 6.45) is -3.30. The van der Waals surface area contributed by atoms with Crippen LogP contribution in [0.2, 0.25) is 0 Å². The maximum absolute atomic E-state index is 13.4. The summed E-state index contributed by atoms with van der Waals surface area (Å²) in [5.74, 6) is -4.07. The molecule has 36 heavy (non-hydrogen) atoms. The number of likely N-dealkylation sites (N-methyl/N-ethyl adjacent to an activating group) is 1. The summed E-state index contributed by atoms with van der Waals surface area (Å²) in [4.78, 5) is 54.4. The van der Waals surface area contributed by atoms with Crippen LogP contribution >= 0.6 is 0 Å². The molecule has 5 rings (SSSR count). The Bertz CT molecular complexity index is 1330. The molecule has 2 aromatic rings. The molecule has 2 aromatic carbocycles. The first-order valence-electron chi connectivity index (χ1n) is 11.3. The van der Waals surface area contributed by atoms with Crippen LogP contribution in [0.4, 0.5) is 29.3 Å². The highest BCUT2D eigenvalue weighted by Gasteiger charge is 2.58. The molecule has 0 radical (unpaired) electrons. The van der Waals surface area contributed by atoms with Crippen molar-refractivity contribution in [3.63, 3.8) is 0 Å². The number of imide groups is 1. The van der Waals surface area contributed by atoms with Gasteiger partial charge in [-0.2, -0.15) is 13.2 Å². The number of amides is 4. The molecule has 11 heteroatoms. The second-order valence-corrected chi connectivity index (χ2v) is 9.44. The number of fused-ring (bicyclic) bond motifs is 2. The second-order valence-electron chi connectivity index (χ2n) is 9.44. The first-order valence-corrected chi connectivity index (χ1v) is 11.3. The van der Waals surface area contributed by atoms with E-state index in [-0.39, 0.29) is 17.0 Å². The van der Waals surface area contributed by atoms with E-state index in [1.807, 2.05) is 0 Å². The standard InChI is InChI=1S/C25H22F3N3O5/c1-13-14(4-3-5-17(13)25(26,27)28)11-31-20(32)16(21(33)34)12-30(23(31)36)15-6-7-19-18(10-15)24(8-9-24)22(35)29(19)2/h3-7,10,16H,8-9,11-12H2,1-2H3,(H,33,34). The molecule has 2 aliphatic heterocycles. The number of halogens is 3. The molecule has 4 amide bonds. The van der Waals surface area contributed by atoms with E-state index in [0.29, 0.717) is 29.1 Å². The van der Waals surface area contributed by atoms with Crippen LogP contribution in [-0.2, 0) is 32.5 Å². The monoisotopic (exact) mass is 501 g/mol. The lowest BCUT2D eigenvalue weighted by molar-refractivity contribution is -0.150. The number of benzene rings is 2. The summed E-state index contributed by atoms with van der Waals surface area (Å²) in [7, 11) is 1.66. The Balaban J connectivity index is 1.52. The molecular weight excluding hydrogens is 479 g/mol. The first-order chi connectivity index (χ1) is 16.9. The summed E-state index contributed by atoms with van der Waals surface area (Å²) in [6, 6.07) is 7.54. The number of carboxylic acid groups (broad SMARTS) is 1. The molecule has 1 N–H and O–H groups in total. The van der Waals surface area contributed by atoms with Gasteiger partial charge in [0, 0.05) is 25.0 Å². The van der Waals surface area contributed by atoms with Gasteiger partial charge in [-0.3, -0.25) is 24.2 Å². The van der Waals surface area contributed by atoms with Gasteiger partial charge in [-0.15, -0.1) is 0 Å². The molecule has 1 saturated carbocycles. The van der Waals surface area contributed by atoms with Crippen molar-refractivity contribution in [2.24, 2.45) is 5.92 Å². The summed E-state index contributed by atoms with van der Waals surface area (Å²) in [6.45, 7) is 0.303. The third-order valence-corrected chi connectivity index (χ3v) is 7.40. The maximum atomic E-state index is 13.4. The topological polar surface area (TPSA) is 98.2 Å². The van der Waals surface area contributed by atoms with Crippen LogP contribution in [0, 0.1) is 12.8 Å². The lowest BCUT2D eigenvalue weighted by atomic mass is 9.96. The number of rotatable bonds is 4. The number of aliphatic carboxylic acids is 1. The summed E-state index contributed by atoms with van der Waals surface area (Å²) < 4.78 is 40.1. The summed E-state index contributed by atoms with van der Waals surface area (Å²) in [5.41, 5.74) is 0.149. The highest BCUT2D eigenvalue weighted by Crippen LogP contribution is 2.57. The van der Waals surface area contributed by atoms with E-state index in [4.69, 9.17) is 0 Å². The van der Waals surface area contributed by atoms with E-state index in [0.717, 1.165) is 16.5 Å². The Labute approximate surface area is 203 Å². The minimum Gasteiger partial charge on any atom is -0.481 e. The highest BCUT2D eigenvalue weighted by atomic mass is 19.4. The van der Waals surface area contributed by atoms with Gasteiger partial charge in [0.1, 0.15) is 0 Å². The average molecular weight is 501 g/mol. The van der Waals surface area contributed by atoms with Crippen molar-refractivity contribution in [2.75, 3.05) is 23.4 Å². The molecule has 1 unspecified atom stereocenters. The molecule has 3 aliphatic rings. The predicted octanol–water partition coefficient (Wildman–Crippen LogP) is 3.69.